The van der Waals surface area contributed by atoms with Crippen LogP contribution in [-0.4, -0.2) is 63.8 Å². The molecule has 1 atom stereocenters. The quantitative estimate of drug-likeness (QED) is 0.911. The second kappa shape index (κ2) is 6.51. The Morgan fingerprint density at radius 3 is 2.83 bits per heavy atom. The number of aromatic amines is 1. The van der Waals surface area contributed by atoms with E-state index in [1.54, 1.807) is 0 Å². The molecule has 4 rings (SSSR count). The van der Waals surface area contributed by atoms with Gasteiger partial charge in [-0.3, -0.25) is 9.79 Å². The van der Waals surface area contributed by atoms with E-state index in [2.05, 4.69) is 27.9 Å². The first-order valence-electron chi connectivity index (χ1n) is 8.49. The molecule has 0 unspecified atom stereocenters. The van der Waals surface area contributed by atoms with E-state index in [1.807, 2.05) is 41.1 Å². The van der Waals surface area contributed by atoms with Gasteiger partial charge in [-0.25, -0.2) is 0 Å². The number of fused-ring (bicyclic) bond motifs is 1. The normalized spacial score (nSPS) is 21.4. The van der Waals surface area contributed by atoms with Crippen molar-refractivity contribution in [3.63, 3.8) is 0 Å². The molecular weight excluding hydrogens is 320 g/mol. The van der Waals surface area contributed by atoms with E-state index < -0.39 is 0 Å². The fourth-order valence-electron chi connectivity index (χ4n) is 3.34. The summed E-state index contributed by atoms with van der Waals surface area (Å²) in [5.41, 5.74) is 2.18. The highest BCUT2D eigenvalue weighted by Crippen LogP contribution is 2.24. The molecule has 3 heterocycles. The molecule has 2 aromatic rings. The molecule has 0 aliphatic carbocycles. The first-order chi connectivity index (χ1) is 11.7. The Kier molecular flexibility index (Phi) is 4.22. The number of thioether (sulfide) groups is 1. The van der Waals surface area contributed by atoms with E-state index in [1.165, 1.54) is 0 Å². The minimum Gasteiger partial charge on any atom is -0.361 e. The van der Waals surface area contributed by atoms with Gasteiger partial charge in [-0.1, -0.05) is 36.9 Å². The monoisotopic (exact) mass is 342 g/mol. The van der Waals surface area contributed by atoms with E-state index >= 15 is 0 Å². The molecule has 1 aromatic carbocycles. The predicted molar refractivity (Wildman–Crippen MR) is 99.5 cm³/mol. The number of carbonyl (C=O) groups is 1. The van der Waals surface area contributed by atoms with Crippen LogP contribution >= 0.6 is 11.8 Å². The summed E-state index contributed by atoms with van der Waals surface area (Å²) in [7, 11) is 0. The van der Waals surface area contributed by atoms with E-state index in [9.17, 15) is 4.79 Å². The van der Waals surface area contributed by atoms with Gasteiger partial charge in [-0.05, 0) is 11.6 Å². The van der Waals surface area contributed by atoms with E-state index in [-0.39, 0.29) is 5.91 Å². The minimum absolute atomic E-state index is 0.216. The van der Waals surface area contributed by atoms with Gasteiger partial charge in [0, 0.05) is 48.5 Å². The molecular formula is C18H22N4OS. The van der Waals surface area contributed by atoms with Crippen molar-refractivity contribution < 1.29 is 4.79 Å². The Hall–Kier alpha value is -1.95. The number of piperazine rings is 1. The second-order valence-electron chi connectivity index (χ2n) is 6.46. The number of amides is 1. The lowest BCUT2D eigenvalue weighted by atomic mass is 10.1. The fraction of sp³-hybridized carbons (Fsp3) is 0.444. The molecule has 1 fully saturated rings. The number of hydrogen-bond acceptors (Lipinski definition) is 4. The molecule has 0 spiro atoms. The van der Waals surface area contributed by atoms with E-state index in [0.717, 1.165) is 54.4 Å². The molecule has 0 saturated carbocycles. The summed E-state index contributed by atoms with van der Waals surface area (Å²) in [5.74, 6) is 0.216. The molecule has 2 aliphatic rings. The van der Waals surface area contributed by atoms with Gasteiger partial charge < -0.3 is 14.8 Å². The maximum atomic E-state index is 12.6. The zero-order valence-electron chi connectivity index (χ0n) is 13.9. The molecule has 1 amide bonds. The molecule has 0 radical (unpaired) electrons. The van der Waals surface area contributed by atoms with Crippen molar-refractivity contribution in [3.8, 4) is 0 Å². The number of para-hydroxylation sites is 1. The van der Waals surface area contributed by atoms with Gasteiger partial charge in [0.15, 0.2) is 5.17 Å². The van der Waals surface area contributed by atoms with Crippen LogP contribution in [-0.2, 0) is 11.2 Å². The van der Waals surface area contributed by atoms with E-state index in [0.29, 0.717) is 11.7 Å². The van der Waals surface area contributed by atoms with Crippen LogP contribution in [0.15, 0.2) is 35.5 Å². The van der Waals surface area contributed by atoms with Gasteiger partial charge in [0.25, 0.3) is 0 Å². The lowest BCUT2D eigenvalue weighted by molar-refractivity contribution is -0.131. The van der Waals surface area contributed by atoms with Gasteiger partial charge in [0.05, 0.1) is 13.0 Å². The Morgan fingerprint density at radius 1 is 1.29 bits per heavy atom. The Balaban J connectivity index is 1.36. The van der Waals surface area contributed by atoms with Crippen molar-refractivity contribution in [2.24, 2.45) is 4.99 Å². The Labute approximate surface area is 146 Å². The fourth-order valence-corrected chi connectivity index (χ4v) is 4.33. The van der Waals surface area contributed by atoms with Crippen molar-refractivity contribution in [2.75, 3.05) is 32.7 Å². The first-order valence-corrected chi connectivity index (χ1v) is 9.37. The highest BCUT2D eigenvalue weighted by molar-refractivity contribution is 8.14. The third-order valence-electron chi connectivity index (χ3n) is 4.71. The minimum atomic E-state index is 0.216. The maximum absolute atomic E-state index is 12.6. The molecule has 1 saturated heterocycles. The van der Waals surface area contributed by atoms with E-state index in [4.69, 9.17) is 0 Å². The average Bonchev–Trinajstić information content (AvgIpc) is 3.22. The standard InChI is InChI=1S/C18H22N4OS/c1-13-11-20-18(24-13)22-8-6-21(7-9-22)17(23)10-14-12-19-16-5-3-2-4-15(14)16/h2-5,12-13,19H,6-11H2,1H3/t13-/m0/s1. The summed E-state index contributed by atoms with van der Waals surface area (Å²) in [4.78, 5) is 24.8. The van der Waals surface area contributed by atoms with Crippen molar-refractivity contribution in [1.82, 2.24) is 14.8 Å². The van der Waals surface area contributed by atoms with Crippen molar-refractivity contribution in [1.29, 1.82) is 0 Å². The number of nitrogens with one attached hydrogen (secondary N) is 1. The molecule has 126 valence electrons. The first kappa shape index (κ1) is 15.6. The van der Waals surface area contributed by atoms with Gasteiger partial charge in [-0.2, -0.15) is 0 Å². The average molecular weight is 342 g/mol. The maximum Gasteiger partial charge on any atom is 0.227 e. The molecule has 6 heteroatoms. The number of aromatic nitrogens is 1. The van der Waals surface area contributed by atoms with Crippen LogP contribution in [0.1, 0.15) is 12.5 Å². The van der Waals surface area contributed by atoms with Crippen LogP contribution in [0.2, 0.25) is 0 Å². The van der Waals surface area contributed by atoms with Crippen molar-refractivity contribution >= 4 is 33.7 Å². The van der Waals surface area contributed by atoms with Gasteiger partial charge in [-0.15, -0.1) is 0 Å². The van der Waals surface area contributed by atoms with Crippen LogP contribution in [0.4, 0.5) is 0 Å². The largest absolute Gasteiger partial charge is 0.361 e. The lowest BCUT2D eigenvalue weighted by Crippen LogP contribution is -2.50. The number of amidine groups is 1. The number of rotatable bonds is 2. The summed E-state index contributed by atoms with van der Waals surface area (Å²) >= 11 is 1.86. The summed E-state index contributed by atoms with van der Waals surface area (Å²) in [6.07, 6.45) is 2.43. The number of hydrogen-bond donors (Lipinski definition) is 1. The molecule has 1 N–H and O–H groups in total. The summed E-state index contributed by atoms with van der Waals surface area (Å²) in [5, 5.41) is 2.89. The molecule has 1 aromatic heterocycles. The zero-order valence-corrected chi connectivity index (χ0v) is 14.7. The van der Waals surface area contributed by atoms with Crippen LogP contribution in [0, 0.1) is 0 Å². The number of carbonyl (C=O) groups excluding carboxylic acids is 1. The highest BCUT2D eigenvalue weighted by Gasteiger charge is 2.26. The van der Waals surface area contributed by atoms with Crippen LogP contribution in [0.5, 0.6) is 0 Å². The number of H-pyrrole nitrogens is 1. The highest BCUT2D eigenvalue weighted by atomic mass is 32.2. The number of benzene rings is 1. The molecule has 24 heavy (non-hydrogen) atoms. The number of aliphatic imine (C=N–C) groups is 1. The SMILES string of the molecule is C[C@H]1CN=C(N2CCN(C(=O)Cc3c[nH]c4ccccc34)CC2)S1. The Bertz CT molecular complexity index is 776. The third-order valence-corrected chi connectivity index (χ3v) is 5.86. The Morgan fingerprint density at radius 2 is 2.08 bits per heavy atom. The van der Waals surface area contributed by atoms with Gasteiger partial charge in [0.1, 0.15) is 0 Å². The van der Waals surface area contributed by atoms with Crippen molar-refractivity contribution in [2.45, 2.75) is 18.6 Å². The summed E-state index contributed by atoms with van der Waals surface area (Å²) in [6.45, 7) is 6.47. The zero-order chi connectivity index (χ0) is 16.5. The second-order valence-corrected chi connectivity index (χ2v) is 7.86. The lowest BCUT2D eigenvalue weighted by Gasteiger charge is -2.35. The van der Waals surface area contributed by atoms with Gasteiger partial charge >= 0.3 is 0 Å². The van der Waals surface area contributed by atoms with Crippen LogP contribution < -0.4 is 0 Å². The topological polar surface area (TPSA) is 51.7 Å². The van der Waals surface area contributed by atoms with Gasteiger partial charge in [0.2, 0.25) is 5.91 Å². The van der Waals surface area contributed by atoms with Crippen LogP contribution in [0.25, 0.3) is 10.9 Å². The molecule has 2 aliphatic heterocycles. The molecule has 0 bridgehead atoms. The number of nitrogens with zero attached hydrogens (tertiary/aromatic N) is 3. The predicted octanol–water partition coefficient (Wildman–Crippen LogP) is 2.35. The van der Waals surface area contributed by atoms with Crippen LogP contribution in [0.3, 0.4) is 0 Å². The molecule has 5 nitrogen and oxygen atoms in total. The summed E-state index contributed by atoms with van der Waals surface area (Å²) < 4.78 is 0. The third kappa shape index (κ3) is 3.02. The van der Waals surface area contributed by atoms with Crippen molar-refractivity contribution in [3.05, 3.63) is 36.0 Å². The summed E-state index contributed by atoms with van der Waals surface area (Å²) in [6, 6.07) is 8.14. The smallest absolute Gasteiger partial charge is 0.227 e.